The van der Waals surface area contributed by atoms with Gasteiger partial charge in [0, 0.05) is 5.71 Å². The maximum absolute atomic E-state index is 10.6. The lowest BCUT2D eigenvalue weighted by molar-refractivity contribution is -0.112. The molecule has 4 rings (SSSR count). The topological polar surface area (TPSA) is 70.6 Å². The molecule has 25 heavy (non-hydrogen) atoms. The molecule has 0 aromatic carbocycles. The zero-order chi connectivity index (χ0) is 17.8. The van der Waals surface area contributed by atoms with Crippen molar-refractivity contribution in [2.75, 3.05) is 0 Å². The molecular formula is C20H33N3OS. The second-order valence-electron chi connectivity index (χ2n) is 9.65. The zero-order valence-corrected chi connectivity index (χ0v) is 16.4. The van der Waals surface area contributed by atoms with Crippen molar-refractivity contribution in [1.82, 2.24) is 5.43 Å². The van der Waals surface area contributed by atoms with Gasteiger partial charge in [0.1, 0.15) is 0 Å². The number of aliphatic hydroxyl groups is 1. The quantitative estimate of drug-likeness (QED) is 0.492. The number of hydrogen-bond donors (Lipinski definition) is 3. The predicted molar refractivity (Wildman–Crippen MR) is 105 cm³/mol. The zero-order valence-electron chi connectivity index (χ0n) is 15.6. The fraction of sp³-hybridized carbons (Fsp3) is 0.900. The van der Waals surface area contributed by atoms with Crippen LogP contribution < -0.4 is 11.2 Å². The summed E-state index contributed by atoms with van der Waals surface area (Å²) in [5, 5.41) is 15.3. The molecule has 4 N–H and O–H groups in total. The maximum Gasteiger partial charge on any atom is 0.184 e. The number of rotatable bonds is 1. The van der Waals surface area contributed by atoms with Gasteiger partial charge in [0.25, 0.3) is 0 Å². The van der Waals surface area contributed by atoms with E-state index in [1.54, 1.807) is 0 Å². The Balaban J connectivity index is 1.53. The lowest BCUT2D eigenvalue weighted by atomic mass is 9.45. The van der Waals surface area contributed by atoms with Gasteiger partial charge in [-0.05, 0) is 105 Å². The summed E-state index contributed by atoms with van der Waals surface area (Å²) in [4.78, 5) is 0. The molecule has 0 aromatic rings. The molecule has 0 spiro atoms. The van der Waals surface area contributed by atoms with Crippen LogP contribution in [0.3, 0.4) is 0 Å². The monoisotopic (exact) mass is 363 g/mol. The van der Waals surface area contributed by atoms with Gasteiger partial charge in [0.2, 0.25) is 0 Å². The Kier molecular flexibility index (Phi) is 4.39. The van der Waals surface area contributed by atoms with Gasteiger partial charge in [-0.2, -0.15) is 5.10 Å². The summed E-state index contributed by atoms with van der Waals surface area (Å²) in [5.41, 5.74) is 10.2. The third-order valence-electron chi connectivity index (χ3n) is 8.77. The molecule has 4 nitrogen and oxygen atoms in total. The van der Waals surface area contributed by atoms with E-state index in [4.69, 9.17) is 18.0 Å². The van der Waals surface area contributed by atoms with Crippen molar-refractivity contribution in [3.05, 3.63) is 0 Å². The third-order valence-corrected chi connectivity index (χ3v) is 8.86. The van der Waals surface area contributed by atoms with Gasteiger partial charge in [-0.3, -0.25) is 5.43 Å². The van der Waals surface area contributed by atoms with Gasteiger partial charge in [0.05, 0.1) is 6.10 Å². The molecular weight excluding hydrogens is 330 g/mol. The second kappa shape index (κ2) is 6.19. The molecule has 0 bridgehead atoms. The Bertz CT molecular complexity index is 593. The lowest BCUT2D eigenvalue weighted by Crippen LogP contribution is -2.54. The maximum atomic E-state index is 10.6. The highest BCUT2D eigenvalue weighted by Gasteiger charge is 2.59. The van der Waals surface area contributed by atoms with Crippen LogP contribution in [0.5, 0.6) is 0 Å². The van der Waals surface area contributed by atoms with E-state index in [0.717, 1.165) is 42.9 Å². The standard InChI is InChI=1S/C20H33N3OS/c1-19-9-7-13(22-23-18(21)25)11-12(19)3-4-14-15-5-6-17(24)20(15,2)10-8-16(14)19/h12,14-17,24H,3-11H2,1-2H3,(H3,21,23,25)/t12-,14?,15?,16?,17?,19-,20-/m0/s1. The van der Waals surface area contributed by atoms with E-state index in [2.05, 4.69) is 24.4 Å². The summed E-state index contributed by atoms with van der Waals surface area (Å²) in [6.45, 7) is 4.92. The van der Waals surface area contributed by atoms with E-state index >= 15 is 0 Å². The molecule has 4 unspecified atom stereocenters. The van der Waals surface area contributed by atoms with Crippen LogP contribution in [0.2, 0.25) is 0 Å². The van der Waals surface area contributed by atoms with Gasteiger partial charge in [-0.15, -0.1) is 0 Å². The van der Waals surface area contributed by atoms with Crippen LogP contribution in [0.1, 0.15) is 71.6 Å². The van der Waals surface area contributed by atoms with E-state index in [0.29, 0.717) is 5.41 Å². The summed E-state index contributed by atoms with van der Waals surface area (Å²) in [7, 11) is 0. The summed E-state index contributed by atoms with van der Waals surface area (Å²) in [5.74, 6) is 3.14. The normalized spacial score (nSPS) is 50.7. The van der Waals surface area contributed by atoms with Crippen molar-refractivity contribution < 1.29 is 5.11 Å². The minimum absolute atomic E-state index is 0.0692. The fourth-order valence-electron chi connectivity index (χ4n) is 7.27. The Morgan fingerprint density at radius 2 is 1.88 bits per heavy atom. The van der Waals surface area contributed by atoms with Crippen LogP contribution in [0.4, 0.5) is 0 Å². The van der Waals surface area contributed by atoms with Crippen molar-refractivity contribution in [2.45, 2.75) is 77.7 Å². The molecule has 4 aliphatic rings. The summed E-state index contributed by atoms with van der Waals surface area (Å²) in [6.07, 6.45) is 10.8. The molecule has 0 saturated heterocycles. The first-order chi connectivity index (χ1) is 11.8. The van der Waals surface area contributed by atoms with E-state index < -0.39 is 0 Å². The number of nitrogens with zero attached hydrogens (tertiary/aromatic N) is 1. The highest BCUT2D eigenvalue weighted by atomic mass is 32.1. The van der Waals surface area contributed by atoms with Gasteiger partial charge in [-0.1, -0.05) is 13.8 Å². The summed E-state index contributed by atoms with van der Waals surface area (Å²) in [6, 6.07) is 0. The number of thiocarbonyl (C=S) groups is 1. The van der Waals surface area contributed by atoms with Gasteiger partial charge < -0.3 is 10.8 Å². The molecule has 0 radical (unpaired) electrons. The Hall–Kier alpha value is -0.680. The van der Waals surface area contributed by atoms with E-state index in [-0.39, 0.29) is 16.6 Å². The van der Waals surface area contributed by atoms with Crippen LogP contribution in [-0.4, -0.2) is 22.0 Å². The van der Waals surface area contributed by atoms with Crippen LogP contribution >= 0.6 is 12.2 Å². The first-order valence-corrected chi connectivity index (χ1v) is 10.5. The minimum Gasteiger partial charge on any atom is -0.393 e. The average molecular weight is 364 g/mol. The van der Waals surface area contributed by atoms with E-state index in [1.807, 2.05) is 0 Å². The fourth-order valence-corrected chi connectivity index (χ4v) is 7.31. The number of nitrogens with two attached hydrogens (primary N) is 1. The highest BCUT2D eigenvalue weighted by Crippen LogP contribution is 2.65. The van der Waals surface area contributed by atoms with Crippen LogP contribution in [-0.2, 0) is 0 Å². The molecule has 4 fully saturated rings. The SMILES string of the molecule is C[C@]12CCC3C(CC[C@H]4CC(=NNC(N)=S)CC[C@]34C)C1CCC2O. The average Bonchev–Trinajstić information content (AvgIpc) is 2.88. The third kappa shape index (κ3) is 2.73. The lowest BCUT2D eigenvalue weighted by Gasteiger charge is -2.60. The van der Waals surface area contributed by atoms with Crippen molar-refractivity contribution in [3.8, 4) is 0 Å². The summed E-state index contributed by atoms with van der Waals surface area (Å²) >= 11 is 4.88. The second-order valence-corrected chi connectivity index (χ2v) is 10.1. The van der Waals surface area contributed by atoms with E-state index in [1.165, 1.54) is 44.2 Å². The van der Waals surface area contributed by atoms with Gasteiger partial charge in [-0.25, -0.2) is 0 Å². The highest BCUT2D eigenvalue weighted by molar-refractivity contribution is 7.80. The Morgan fingerprint density at radius 1 is 1.12 bits per heavy atom. The van der Waals surface area contributed by atoms with Crippen molar-refractivity contribution in [1.29, 1.82) is 0 Å². The number of fused-ring (bicyclic) bond motifs is 5. The summed E-state index contributed by atoms with van der Waals surface area (Å²) < 4.78 is 0. The molecule has 5 heteroatoms. The first-order valence-electron chi connectivity index (χ1n) is 10.1. The van der Waals surface area contributed by atoms with Gasteiger partial charge >= 0.3 is 0 Å². The van der Waals surface area contributed by atoms with E-state index in [9.17, 15) is 5.11 Å². The molecule has 140 valence electrons. The molecule has 0 heterocycles. The Labute approximate surface area is 157 Å². The molecule has 7 atom stereocenters. The molecule has 0 aromatic heterocycles. The molecule has 4 saturated carbocycles. The van der Waals surface area contributed by atoms with Crippen molar-refractivity contribution in [3.63, 3.8) is 0 Å². The van der Waals surface area contributed by atoms with Crippen molar-refractivity contribution >= 4 is 23.0 Å². The molecule has 4 aliphatic carbocycles. The van der Waals surface area contributed by atoms with Gasteiger partial charge in [0.15, 0.2) is 5.11 Å². The first kappa shape index (κ1) is 17.7. The largest absolute Gasteiger partial charge is 0.393 e. The van der Waals surface area contributed by atoms with Crippen LogP contribution in [0.15, 0.2) is 5.10 Å². The molecule has 0 aliphatic heterocycles. The number of nitrogens with one attached hydrogen (secondary N) is 1. The number of aliphatic hydroxyl groups excluding tert-OH is 1. The predicted octanol–water partition coefficient (Wildman–Crippen LogP) is 3.58. The number of hydrazone groups is 1. The smallest absolute Gasteiger partial charge is 0.184 e. The van der Waals surface area contributed by atoms with Crippen LogP contribution in [0.25, 0.3) is 0 Å². The minimum atomic E-state index is -0.0692. The Morgan fingerprint density at radius 3 is 2.64 bits per heavy atom. The number of hydrogen-bond acceptors (Lipinski definition) is 3. The molecule has 0 amide bonds. The van der Waals surface area contributed by atoms with Crippen molar-refractivity contribution in [2.24, 2.45) is 45.3 Å². The van der Waals surface area contributed by atoms with Crippen LogP contribution in [0, 0.1) is 34.5 Å².